The summed E-state index contributed by atoms with van der Waals surface area (Å²) in [6.45, 7) is 6.89. The first-order chi connectivity index (χ1) is 13.8. The highest BCUT2D eigenvalue weighted by Crippen LogP contribution is 2.34. The van der Waals surface area contributed by atoms with Gasteiger partial charge in [0, 0.05) is 18.2 Å². The first kappa shape index (κ1) is 20.9. The maximum absolute atomic E-state index is 12.1. The lowest BCUT2D eigenvalue weighted by Crippen LogP contribution is -2.52. The number of nitrogens with zero attached hydrogens (tertiary/aromatic N) is 1. The van der Waals surface area contributed by atoms with E-state index >= 15 is 0 Å². The second kappa shape index (κ2) is 8.71. The predicted molar refractivity (Wildman–Crippen MR) is 111 cm³/mol. The SMILES string of the molecule is COC(=O)[C@@H]1C[C@@H]2C=C[C@H]1N(CC#Cc1ccccc1NC(=O)OC(C)(C)C)C2. The van der Waals surface area contributed by atoms with E-state index in [2.05, 4.69) is 34.2 Å². The zero-order valence-electron chi connectivity index (χ0n) is 17.4. The number of anilines is 1. The van der Waals surface area contributed by atoms with Crippen molar-refractivity contribution in [1.29, 1.82) is 0 Å². The first-order valence-electron chi connectivity index (χ1n) is 9.85. The number of nitrogens with one attached hydrogen (secondary N) is 1. The minimum Gasteiger partial charge on any atom is -0.469 e. The molecule has 2 bridgehead atoms. The van der Waals surface area contributed by atoms with E-state index in [-0.39, 0.29) is 17.9 Å². The molecule has 0 spiro atoms. The molecule has 1 fully saturated rings. The summed E-state index contributed by atoms with van der Waals surface area (Å²) in [7, 11) is 1.44. The smallest absolute Gasteiger partial charge is 0.412 e. The molecule has 3 atom stereocenters. The molecule has 3 aliphatic rings. The van der Waals surface area contributed by atoms with Crippen LogP contribution in [-0.4, -0.2) is 48.8 Å². The van der Waals surface area contributed by atoms with Crippen LogP contribution in [0.15, 0.2) is 36.4 Å². The summed E-state index contributed by atoms with van der Waals surface area (Å²) in [6.07, 6.45) is 4.61. The number of fused-ring (bicyclic) bond motifs is 2. The molecule has 6 heteroatoms. The van der Waals surface area contributed by atoms with E-state index in [1.807, 2.05) is 39.0 Å². The number of piperidine rings is 1. The lowest BCUT2D eigenvalue weighted by molar-refractivity contribution is -0.149. The van der Waals surface area contributed by atoms with Crippen LogP contribution in [0.1, 0.15) is 32.8 Å². The van der Waals surface area contributed by atoms with Crippen LogP contribution in [0, 0.1) is 23.7 Å². The molecular formula is C23H28N2O4. The topological polar surface area (TPSA) is 67.9 Å². The summed E-state index contributed by atoms with van der Waals surface area (Å²) < 4.78 is 10.3. The molecule has 2 aliphatic heterocycles. The van der Waals surface area contributed by atoms with Gasteiger partial charge in [0.1, 0.15) is 5.60 Å². The Bertz CT molecular complexity index is 860. The number of hydrogen-bond donors (Lipinski definition) is 1. The molecule has 0 aromatic heterocycles. The molecule has 0 unspecified atom stereocenters. The van der Waals surface area contributed by atoms with Crippen LogP contribution in [-0.2, 0) is 14.3 Å². The Hall–Kier alpha value is -2.78. The summed E-state index contributed by atoms with van der Waals surface area (Å²) >= 11 is 0. The Morgan fingerprint density at radius 1 is 1.24 bits per heavy atom. The van der Waals surface area contributed by atoms with Gasteiger partial charge in [-0.1, -0.05) is 36.1 Å². The molecule has 29 heavy (non-hydrogen) atoms. The second-order valence-corrected chi connectivity index (χ2v) is 8.40. The number of ether oxygens (including phenoxy) is 2. The van der Waals surface area contributed by atoms with Crippen molar-refractivity contribution in [2.24, 2.45) is 11.8 Å². The van der Waals surface area contributed by atoms with Crippen molar-refractivity contribution in [2.75, 3.05) is 25.5 Å². The zero-order valence-corrected chi connectivity index (χ0v) is 17.4. The number of methoxy groups -OCH3 is 1. The Labute approximate surface area is 172 Å². The maximum atomic E-state index is 12.1. The molecule has 2 heterocycles. The molecule has 1 N–H and O–H groups in total. The van der Waals surface area contributed by atoms with Crippen LogP contribution < -0.4 is 5.32 Å². The van der Waals surface area contributed by atoms with Crippen molar-refractivity contribution in [3.8, 4) is 11.8 Å². The molecule has 0 saturated carbocycles. The van der Waals surface area contributed by atoms with Gasteiger partial charge in [-0.15, -0.1) is 0 Å². The van der Waals surface area contributed by atoms with Crippen LogP contribution in [0.5, 0.6) is 0 Å². The second-order valence-electron chi connectivity index (χ2n) is 8.40. The van der Waals surface area contributed by atoms with Crippen LogP contribution in [0.2, 0.25) is 0 Å². The Balaban J connectivity index is 1.67. The summed E-state index contributed by atoms with van der Waals surface area (Å²) in [5.74, 6) is 6.40. The monoisotopic (exact) mass is 396 g/mol. The van der Waals surface area contributed by atoms with Gasteiger partial charge in [-0.05, 0) is 45.2 Å². The van der Waals surface area contributed by atoms with Gasteiger partial charge in [0.05, 0.1) is 25.3 Å². The molecule has 1 aliphatic carbocycles. The number of rotatable bonds is 3. The fourth-order valence-corrected chi connectivity index (χ4v) is 3.79. The third kappa shape index (κ3) is 5.39. The van der Waals surface area contributed by atoms with Crippen LogP contribution >= 0.6 is 0 Å². The Morgan fingerprint density at radius 2 is 2.00 bits per heavy atom. The molecule has 1 amide bonds. The van der Waals surface area contributed by atoms with E-state index in [0.29, 0.717) is 18.2 Å². The molecule has 6 nitrogen and oxygen atoms in total. The first-order valence-corrected chi connectivity index (χ1v) is 9.85. The van der Waals surface area contributed by atoms with Crippen molar-refractivity contribution in [3.63, 3.8) is 0 Å². The molecule has 1 aromatic carbocycles. The molecule has 4 rings (SSSR count). The highest BCUT2D eigenvalue weighted by atomic mass is 16.6. The number of amides is 1. The number of carbonyl (C=O) groups excluding carboxylic acids is 2. The van der Waals surface area contributed by atoms with Crippen molar-refractivity contribution in [1.82, 2.24) is 4.90 Å². The van der Waals surface area contributed by atoms with Gasteiger partial charge >= 0.3 is 12.1 Å². The van der Waals surface area contributed by atoms with E-state index in [1.54, 1.807) is 6.07 Å². The molecule has 1 saturated heterocycles. The predicted octanol–water partition coefficient (Wildman–Crippen LogP) is 3.43. The van der Waals surface area contributed by atoms with Crippen molar-refractivity contribution >= 4 is 17.7 Å². The molecule has 1 aromatic rings. The van der Waals surface area contributed by atoms with E-state index in [1.165, 1.54) is 7.11 Å². The minimum atomic E-state index is -0.567. The lowest BCUT2D eigenvalue weighted by atomic mass is 9.77. The highest BCUT2D eigenvalue weighted by molar-refractivity contribution is 5.86. The van der Waals surface area contributed by atoms with Crippen LogP contribution in [0.3, 0.4) is 0 Å². The standard InChI is InChI=1S/C23H28N2O4/c1-23(2,3)29-22(27)24-19-10-6-5-8-17(19)9-7-13-25-15-16-11-12-20(25)18(14-16)21(26)28-4/h5-6,8,10-12,16,18,20H,13-15H2,1-4H3,(H,24,27)/t16-,18+,20+/m0/s1. The van der Waals surface area contributed by atoms with Gasteiger partial charge in [0.2, 0.25) is 0 Å². The van der Waals surface area contributed by atoms with Crippen LogP contribution in [0.25, 0.3) is 0 Å². The zero-order chi connectivity index (χ0) is 21.0. The van der Waals surface area contributed by atoms with E-state index in [9.17, 15) is 9.59 Å². The van der Waals surface area contributed by atoms with Gasteiger partial charge in [0.25, 0.3) is 0 Å². The number of carbonyl (C=O) groups is 2. The van der Waals surface area contributed by atoms with Gasteiger partial charge in [-0.25, -0.2) is 4.79 Å². The van der Waals surface area contributed by atoms with Crippen molar-refractivity contribution in [2.45, 2.75) is 38.8 Å². The van der Waals surface area contributed by atoms with Gasteiger partial charge in [-0.3, -0.25) is 15.0 Å². The maximum Gasteiger partial charge on any atom is 0.412 e. The fourth-order valence-electron chi connectivity index (χ4n) is 3.79. The summed E-state index contributed by atoms with van der Waals surface area (Å²) in [4.78, 5) is 26.4. The Morgan fingerprint density at radius 3 is 2.69 bits per heavy atom. The van der Waals surface area contributed by atoms with Gasteiger partial charge in [0.15, 0.2) is 0 Å². The molecular weight excluding hydrogens is 368 g/mol. The molecule has 154 valence electrons. The summed E-state index contributed by atoms with van der Waals surface area (Å²) in [5, 5.41) is 2.76. The normalized spacial score (nSPS) is 23.1. The minimum absolute atomic E-state index is 0.0249. The number of para-hydroxylation sites is 1. The largest absolute Gasteiger partial charge is 0.469 e. The van der Waals surface area contributed by atoms with Crippen molar-refractivity contribution < 1.29 is 19.1 Å². The quantitative estimate of drug-likeness (QED) is 0.482. The number of esters is 1. The van der Waals surface area contributed by atoms with Gasteiger partial charge < -0.3 is 9.47 Å². The third-order valence-electron chi connectivity index (χ3n) is 5.01. The van der Waals surface area contributed by atoms with Crippen molar-refractivity contribution in [3.05, 3.63) is 42.0 Å². The van der Waals surface area contributed by atoms with E-state index in [4.69, 9.17) is 9.47 Å². The van der Waals surface area contributed by atoms with E-state index in [0.717, 1.165) is 18.5 Å². The average molecular weight is 396 g/mol. The summed E-state index contributed by atoms with van der Waals surface area (Å²) in [6, 6.07) is 7.40. The number of hydrogen-bond acceptors (Lipinski definition) is 5. The van der Waals surface area contributed by atoms with E-state index < -0.39 is 11.7 Å². The number of benzene rings is 1. The average Bonchev–Trinajstić information content (AvgIpc) is 2.67. The van der Waals surface area contributed by atoms with Crippen LogP contribution in [0.4, 0.5) is 10.5 Å². The lowest BCUT2D eigenvalue weighted by Gasteiger charge is -2.44. The third-order valence-corrected chi connectivity index (χ3v) is 5.01. The fraction of sp³-hybridized carbons (Fsp3) is 0.478. The van der Waals surface area contributed by atoms with Gasteiger partial charge in [-0.2, -0.15) is 0 Å². The highest BCUT2D eigenvalue weighted by Gasteiger charge is 2.41. The molecule has 0 radical (unpaired) electrons. The summed E-state index contributed by atoms with van der Waals surface area (Å²) in [5.41, 5.74) is 0.768. The Kier molecular flexibility index (Phi) is 6.29.